The van der Waals surface area contributed by atoms with Crippen molar-refractivity contribution in [3.8, 4) is 0 Å². The molecule has 0 atom stereocenters. The van der Waals surface area contributed by atoms with Gasteiger partial charge in [-0.1, -0.05) is 17.8 Å². The topological polar surface area (TPSA) is 138 Å². The monoisotopic (exact) mass is 451 g/mol. The van der Waals surface area contributed by atoms with Crippen molar-refractivity contribution in [2.45, 2.75) is 24.2 Å². The highest BCUT2D eigenvalue weighted by molar-refractivity contribution is 7.92. The highest BCUT2D eigenvalue weighted by Gasteiger charge is 2.31. The summed E-state index contributed by atoms with van der Waals surface area (Å²) in [6, 6.07) is 1.42. The van der Waals surface area contributed by atoms with Crippen molar-refractivity contribution in [3.63, 3.8) is 0 Å². The summed E-state index contributed by atoms with van der Waals surface area (Å²) in [4.78, 5) is 12.5. The van der Waals surface area contributed by atoms with Crippen LogP contribution in [0.1, 0.15) is 28.9 Å². The molecular weight excluding hydrogens is 434 g/mol. The summed E-state index contributed by atoms with van der Waals surface area (Å²) in [5.41, 5.74) is 0. The number of carbonyl (C=O) groups is 1. The van der Waals surface area contributed by atoms with E-state index in [4.69, 9.17) is 0 Å². The molecule has 3 heterocycles. The zero-order valence-corrected chi connectivity index (χ0v) is 17.5. The fraction of sp³-hybridized carbons (Fsp3) is 0.462. The number of anilines is 2. The minimum Gasteiger partial charge on any atom is -0.296 e. The van der Waals surface area contributed by atoms with Gasteiger partial charge in [-0.05, 0) is 24.3 Å². The van der Waals surface area contributed by atoms with Gasteiger partial charge in [-0.3, -0.25) is 14.8 Å². The number of nitrogens with one attached hydrogen (secondary N) is 2. The number of hydrogen-bond acceptors (Lipinski definition) is 9. The van der Waals surface area contributed by atoms with Crippen molar-refractivity contribution in [1.82, 2.24) is 14.5 Å². The summed E-state index contributed by atoms with van der Waals surface area (Å²) in [6.45, 7) is 0.881. The molecule has 0 bridgehead atoms. The van der Waals surface area contributed by atoms with Gasteiger partial charge in [-0.25, -0.2) is 16.8 Å². The van der Waals surface area contributed by atoms with E-state index in [0.717, 1.165) is 48.2 Å². The zero-order valence-electron chi connectivity index (χ0n) is 14.2. The van der Waals surface area contributed by atoms with Crippen molar-refractivity contribution in [3.05, 3.63) is 16.3 Å². The summed E-state index contributed by atoms with van der Waals surface area (Å²) in [5.74, 6) is -0.636. The summed E-state index contributed by atoms with van der Waals surface area (Å²) in [5, 5.41) is 11.4. The van der Waals surface area contributed by atoms with Crippen LogP contribution in [0.4, 0.5) is 10.3 Å². The van der Waals surface area contributed by atoms with Crippen LogP contribution in [0, 0.1) is 0 Å². The number of nitrogens with zero attached hydrogens (tertiary/aromatic N) is 3. The van der Waals surface area contributed by atoms with Gasteiger partial charge in [0.15, 0.2) is 0 Å². The molecule has 148 valence electrons. The number of hydrogen-bond donors (Lipinski definition) is 2. The number of piperidine rings is 1. The first kappa shape index (κ1) is 20.1. The summed E-state index contributed by atoms with van der Waals surface area (Å²) in [7, 11) is -7.26. The molecule has 1 aliphatic heterocycles. The zero-order chi connectivity index (χ0) is 19.7. The number of thiophene rings is 1. The Morgan fingerprint density at radius 3 is 2.44 bits per heavy atom. The smallest absolute Gasteiger partial charge is 0.268 e. The average molecular weight is 452 g/mol. The van der Waals surface area contributed by atoms with E-state index in [9.17, 15) is 21.6 Å². The molecular formula is C13H17N5O5S4. The molecule has 3 rings (SSSR count). The molecule has 0 spiro atoms. The maximum atomic E-state index is 12.8. The molecule has 0 saturated carbocycles. The van der Waals surface area contributed by atoms with Gasteiger partial charge >= 0.3 is 0 Å². The Labute approximate surface area is 164 Å². The number of amides is 1. The number of sulfonamides is 2. The molecule has 1 fully saturated rings. The first-order valence-corrected chi connectivity index (χ1v) is 12.9. The van der Waals surface area contributed by atoms with Gasteiger partial charge < -0.3 is 0 Å². The molecule has 2 aromatic rings. The third-order valence-corrected chi connectivity index (χ3v) is 8.12. The standard InChI is InChI=1S/C13H17N5O5S4/c1-26(20,21)17-13-16-15-12(25-13)14-11(19)10-9(5-8-24-10)27(22,23)18-6-3-2-4-7-18/h5,8H,2-4,6-7H2,1H3,(H,16,17)(H,14,15,19). The lowest BCUT2D eigenvalue weighted by Crippen LogP contribution is -2.36. The molecule has 1 amide bonds. The Morgan fingerprint density at radius 1 is 1.11 bits per heavy atom. The Balaban J connectivity index is 1.78. The summed E-state index contributed by atoms with van der Waals surface area (Å²) >= 11 is 1.84. The van der Waals surface area contributed by atoms with Gasteiger partial charge in [-0.2, -0.15) is 4.31 Å². The van der Waals surface area contributed by atoms with E-state index in [0.29, 0.717) is 13.1 Å². The second-order valence-electron chi connectivity index (χ2n) is 5.82. The van der Waals surface area contributed by atoms with E-state index in [2.05, 4.69) is 20.2 Å². The van der Waals surface area contributed by atoms with Crippen LogP contribution >= 0.6 is 22.7 Å². The predicted molar refractivity (Wildman–Crippen MR) is 103 cm³/mol. The average Bonchev–Trinajstić information content (AvgIpc) is 3.24. The van der Waals surface area contributed by atoms with Gasteiger partial charge in [0, 0.05) is 13.1 Å². The van der Waals surface area contributed by atoms with Crippen molar-refractivity contribution in [1.29, 1.82) is 0 Å². The van der Waals surface area contributed by atoms with Crippen LogP contribution < -0.4 is 10.0 Å². The highest BCUT2D eigenvalue weighted by atomic mass is 32.2. The van der Waals surface area contributed by atoms with Gasteiger partial charge in [0.1, 0.15) is 9.77 Å². The maximum Gasteiger partial charge on any atom is 0.268 e. The maximum absolute atomic E-state index is 12.8. The normalized spacial score (nSPS) is 16.2. The molecule has 14 heteroatoms. The fourth-order valence-corrected chi connectivity index (χ4v) is 6.82. The van der Waals surface area contributed by atoms with Crippen LogP contribution in [0.3, 0.4) is 0 Å². The van der Waals surface area contributed by atoms with Crippen LogP contribution in [-0.2, 0) is 20.0 Å². The molecule has 0 aliphatic carbocycles. The third kappa shape index (κ3) is 4.82. The lowest BCUT2D eigenvalue weighted by molar-refractivity contribution is 0.102. The van der Waals surface area contributed by atoms with Crippen LogP contribution in [0.2, 0.25) is 0 Å². The quantitative estimate of drug-likeness (QED) is 0.677. The highest BCUT2D eigenvalue weighted by Crippen LogP contribution is 2.29. The van der Waals surface area contributed by atoms with Crippen molar-refractivity contribution < 1.29 is 21.6 Å². The second kappa shape index (κ2) is 7.79. The van der Waals surface area contributed by atoms with Crippen LogP contribution in [-0.4, -0.2) is 56.6 Å². The minimum atomic E-state index is -3.75. The van der Waals surface area contributed by atoms with Crippen molar-refractivity contribution in [2.75, 3.05) is 29.4 Å². The van der Waals surface area contributed by atoms with E-state index in [1.807, 2.05) is 0 Å². The number of carbonyl (C=O) groups excluding carboxylic acids is 1. The molecule has 27 heavy (non-hydrogen) atoms. The van der Waals surface area contributed by atoms with Crippen LogP contribution in [0.25, 0.3) is 0 Å². The first-order valence-electron chi connectivity index (χ1n) is 7.87. The van der Waals surface area contributed by atoms with Crippen molar-refractivity contribution >= 4 is 58.9 Å². The van der Waals surface area contributed by atoms with Gasteiger partial charge in [0.25, 0.3) is 5.91 Å². The molecule has 1 saturated heterocycles. The van der Waals surface area contributed by atoms with Crippen LogP contribution in [0.15, 0.2) is 16.3 Å². The molecule has 2 N–H and O–H groups in total. The summed E-state index contributed by atoms with van der Waals surface area (Å²) in [6.07, 6.45) is 3.55. The number of aromatic nitrogens is 2. The van der Waals surface area contributed by atoms with Gasteiger partial charge in [0.05, 0.1) is 6.26 Å². The predicted octanol–water partition coefficient (Wildman–Crippen LogP) is 1.40. The van der Waals surface area contributed by atoms with E-state index in [1.54, 1.807) is 5.38 Å². The largest absolute Gasteiger partial charge is 0.296 e. The third-order valence-electron chi connectivity index (χ3n) is 3.69. The second-order valence-corrected chi connectivity index (χ2v) is 11.4. The Bertz CT molecular complexity index is 1040. The van der Waals surface area contributed by atoms with E-state index >= 15 is 0 Å². The lowest BCUT2D eigenvalue weighted by Gasteiger charge is -2.25. The van der Waals surface area contributed by atoms with E-state index in [1.165, 1.54) is 10.4 Å². The first-order chi connectivity index (χ1) is 12.7. The number of rotatable bonds is 6. The van der Waals surface area contributed by atoms with E-state index < -0.39 is 26.0 Å². The van der Waals surface area contributed by atoms with Crippen molar-refractivity contribution in [2.24, 2.45) is 0 Å². The van der Waals surface area contributed by atoms with Crippen LogP contribution in [0.5, 0.6) is 0 Å². The SMILES string of the molecule is CS(=O)(=O)Nc1nnc(NC(=O)c2sccc2S(=O)(=O)N2CCCCC2)s1. The molecule has 1 aliphatic rings. The molecule has 10 nitrogen and oxygen atoms in total. The molecule has 0 radical (unpaired) electrons. The lowest BCUT2D eigenvalue weighted by atomic mass is 10.2. The Hall–Kier alpha value is -1.61. The van der Waals surface area contributed by atoms with E-state index in [-0.39, 0.29) is 20.0 Å². The molecule has 0 aromatic carbocycles. The Morgan fingerprint density at radius 2 is 1.78 bits per heavy atom. The molecule has 2 aromatic heterocycles. The molecule has 0 unspecified atom stereocenters. The van der Waals surface area contributed by atoms with Gasteiger partial charge in [-0.15, -0.1) is 21.5 Å². The Kier molecular flexibility index (Phi) is 5.81. The minimum absolute atomic E-state index is 0.000131. The fourth-order valence-electron chi connectivity index (χ4n) is 2.54. The summed E-state index contributed by atoms with van der Waals surface area (Å²) < 4.78 is 51.6. The van der Waals surface area contributed by atoms with Gasteiger partial charge in [0.2, 0.25) is 30.3 Å².